The molecule has 0 aliphatic rings. The highest BCUT2D eigenvalue weighted by Gasteiger charge is 2.10. The number of fused-ring (bicyclic) bond motifs is 1. The van der Waals surface area contributed by atoms with Crippen molar-refractivity contribution >= 4 is 51.3 Å². The Hall–Kier alpha value is -2.01. The van der Waals surface area contributed by atoms with Gasteiger partial charge in [0.15, 0.2) is 11.6 Å². The van der Waals surface area contributed by atoms with E-state index in [0.717, 1.165) is 16.5 Å². The van der Waals surface area contributed by atoms with Gasteiger partial charge in [-0.15, -0.1) is 0 Å². The number of rotatable bonds is 3. The molecule has 0 fully saturated rings. The Morgan fingerprint density at radius 1 is 0.905 bits per heavy atom. The fourth-order valence-corrected chi connectivity index (χ4v) is 2.58. The number of halogens is 2. The molecule has 0 saturated heterocycles. The number of nitrogens with zero attached hydrogens (tertiary/aromatic N) is 1. The van der Waals surface area contributed by atoms with E-state index >= 15 is 0 Å². The van der Waals surface area contributed by atoms with Gasteiger partial charge in [0.25, 0.3) is 0 Å². The monoisotopic (exact) mass is 318 g/mol. The highest BCUT2D eigenvalue weighted by atomic mass is 35.5. The predicted octanol–water partition coefficient (Wildman–Crippen LogP) is 4.57. The van der Waals surface area contributed by atoms with Gasteiger partial charge < -0.3 is 10.7 Å². The Morgan fingerprint density at radius 2 is 1.62 bits per heavy atom. The van der Waals surface area contributed by atoms with Gasteiger partial charge in [-0.05, 0) is 17.5 Å². The van der Waals surface area contributed by atoms with Crippen LogP contribution in [0.25, 0.3) is 10.8 Å². The largest absolute Gasteiger partial charge is 0.338 e. The lowest BCUT2D eigenvalue weighted by Crippen LogP contribution is -2.10. The summed E-state index contributed by atoms with van der Waals surface area (Å²) in [5.74, 6) is 6.24. The molecule has 4 nitrogen and oxygen atoms in total. The normalized spacial score (nSPS) is 10.6. The summed E-state index contributed by atoms with van der Waals surface area (Å²) < 4.78 is 0. The third kappa shape index (κ3) is 2.74. The van der Waals surface area contributed by atoms with Crippen molar-refractivity contribution in [3.05, 3.63) is 58.6 Å². The van der Waals surface area contributed by atoms with Crippen molar-refractivity contribution in [2.45, 2.75) is 0 Å². The van der Waals surface area contributed by atoms with Crippen LogP contribution in [0.1, 0.15) is 0 Å². The number of nitrogens with two attached hydrogens (primary N) is 1. The molecule has 0 amide bonds. The minimum absolute atomic E-state index is 0.365. The number of aromatic nitrogens is 1. The van der Waals surface area contributed by atoms with Crippen LogP contribution in [-0.2, 0) is 0 Å². The summed E-state index contributed by atoms with van der Waals surface area (Å²) in [6.45, 7) is 0. The van der Waals surface area contributed by atoms with E-state index in [-0.39, 0.29) is 0 Å². The number of pyridine rings is 1. The Balaban J connectivity index is 2.07. The quantitative estimate of drug-likeness (QED) is 0.489. The van der Waals surface area contributed by atoms with E-state index in [1.54, 1.807) is 6.07 Å². The molecule has 21 heavy (non-hydrogen) atoms. The second-order valence-corrected chi connectivity index (χ2v) is 5.26. The molecule has 0 radical (unpaired) electrons. The highest BCUT2D eigenvalue weighted by Crippen LogP contribution is 2.32. The zero-order chi connectivity index (χ0) is 14.8. The lowest BCUT2D eigenvalue weighted by molar-refractivity contribution is 1.23. The topological polar surface area (TPSA) is 63.0 Å². The van der Waals surface area contributed by atoms with E-state index in [4.69, 9.17) is 29.0 Å². The molecular weight excluding hydrogens is 307 g/mol. The number of nitrogens with one attached hydrogen (secondary N) is 2. The Bertz CT molecular complexity index is 800. The van der Waals surface area contributed by atoms with Gasteiger partial charge >= 0.3 is 0 Å². The molecule has 0 aliphatic carbocycles. The van der Waals surface area contributed by atoms with E-state index in [1.807, 2.05) is 42.5 Å². The van der Waals surface area contributed by atoms with Gasteiger partial charge in [-0.1, -0.05) is 59.6 Å². The molecular formula is C15H12Cl2N4. The van der Waals surface area contributed by atoms with E-state index in [1.165, 1.54) is 0 Å². The van der Waals surface area contributed by atoms with Gasteiger partial charge in [-0.25, -0.2) is 10.8 Å². The first-order valence-corrected chi connectivity index (χ1v) is 7.02. The van der Waals surface area contributed by atoms with Gasteiger partial charge in [-0.3, -0.25) is 0 Å². The Labute approximate surface area is 131 Å². The van der Waals surface area contributed by atoms with Crippen molar-refractivity contribution in [2.24, 2.45) is 5.84 Å². The first-order valence-electron chi connectivity index (χ1n) is 6.26. The van der Waals surface area contributed by atoms with Crippen LogP contribution in [0.15, 0.2) is 48.5 Å². The summed E-state index contributed by atoms with van der Waals surface area (Å²) in [7, 11) is 0. The number of hydrazine groups is 1. The Kier molecular flexibility index (Phi) is 3.84. The second kappa shape index (κ2) is 5.77. The standard InChI is InChI=1S/C15H12Cl2N4/c16-11-8-12(17)15(21-18)20-14(11)19-13-7-3-5-9-4-1-2-6-10(9)13/h1-8H,18H2,(H2,19,20,21). The first-order chi connectivity index (χ1) is 10.2. The Morgan fingerprint density at radius 3 is 2.43 bits per heavy atom. The zero-order valence-corrected chi connectivity index (χ0v) is 12.4. The number of benzene rings is 2. The molecule has 0 bridgehead atoms. The van der Waals surface area contributed by atoms with Crippen LogP contribution >= 0.6 is 23.2 Å². The molecule has 0 atom stereocenters. The second-order valence-electron chi connectivity index (χ2n) is 4.45. The minimum Gasteiger partial charge on any atom is -0.338 e. The molecule has 1 heterocycles. The molecule has 1 aromatic heterocycles. The number of anilines is 3. The van der Waals surface area contributed by atoms with Crippen molar-refractivity contribution in [2.75, 3.05) is 10.7 Å². The van der Waals surface area contributed by atoms with Crippen molar-refractivity contribution in [3.8, 4) is 0 Å². The first kappa shape index (κ1) is 13.9. The molecule has 0 spiro atoms. The summed E-state index contributed by atoms with van der Waals surface area (Å²) in [5, 5.41) is 6.22. The van der Waals surface area contributed by atoms with Crippen LogP contribution in [0.2, 0.25) is 10.0 Å². The fraction of sp³-hybridized carbons (Fsp3) is 0. The molecule has 3 rings (SSSR count). The maximum Gasteiger partial charge on any atom is 0.161 e. The third-order valence-electron chi connectivity index (χ3n) is 3.11. The molecule has 4 N–H and O–H groups in total. The lowest BCUT2D eigenvalue weighted by atomic mass is 10.1. The van der Waals surface area contributed by atoms with Crippen LogP contribution in [0.5, 0.6) is 0 Å². The third-order valence-corrected chi connectivity index (χ3v) is 3.69. The van der Waals surface area contributed by atoms with E-state index < -0.39 is 0 Å². The fourth-order valence-electron chi connectivity index (χ4n) is 2.12. The molecule has 3 aromatic rings. The van der Waals surface area contributed by atoms with Crippen LogP contribution in [0.3, 0.4) is 0 Å². The zero-order valence-electron chi connectivity index (χ0n) is 10.9. The van der Waals surface area contributed by atoms with Crippen molar-refractivity contribution < 1.29 is 0 Å². The maximum atomic E-state index is 6.18. The van der Waals surface area contributed by atoms with Gasteiger partial charge in [0.05, 0.1) is 10.0 Å². The van der Waals surface area contributed by atoms with Crippen LogP contribution in [0, 0.1) is 0 Å². The van der Waals surface area contributed by atoms with Crippen LogP contribution in [-0.4, -0.2) is 4.98 Å². The minimum atomic E-state index is 0.365. The lowest BCUT2D eigenvalue weighted by Gasteiger charge is -2.12. The molecule has 6 heteroatoms. The summed E-state index contributed by atoms with van der Waals surface area (Å²) >= 11 is 12.2. The number of hydrogen-bond acceptors (Lipinski definition) is 4. The van der Waals surface area contributed by atoms with Crippen molar-refractivity contribution in [1.82, 2.24) is 4.98 Å². The molecule has 0 unspecified atom stereocenters. The predicted molar refractivity (Wildman–Crippen MR) is 89.3 cm³/mol. The highest BCUT2D eigenvalue weighted by molar-refractivity contribution is 6.37. The van der Waals surface area contributed by atoms with Gasteiger partial charge in [0.1, 0.15) is 0 Å². The van der Waals surface area contributed by atoms with Gasteiger partial charge in [-0.2, -0.15) is 0 Å². The SMILES string of the molecule is NNc1nc(Nc2cccc3ccccc23)c(Cl)cc1Cl. The summed E-state index contributed by atoms with van der Waals surface area (Å²) in [4.78, 5) is 4.28. The van der Waals surface area contributed by atoms with Crippen LogP contribution < -0.4 is 16.6 Å². The van der Waals surface area contributed by atoms with Gasteiger partial charge in [0.2, 0.25) is 0 Å². The van der Waals surface area contributed by atoms with E-state index in [2.05, 4.69) is 15.7 Å². The molecule has 0 aliphatic heterocycles. The van der Waals surface area contributed by atoms with E-state index in [0.29, 0.717) is 21.7 Å². The molecule has 0 saturated carbocycles. The average Bonchev–Trinajstić information content (AvgIpc) is 2.50. The summed E-state index contributed by atoms with van der Waals surface area (Å²) in [6, 6.07) is 15.6. The number of nitrogen functional groups attached to an aromatic ring is 1. The average molecular weight is 319 g/mol. The number of hydrogen-bond donors (Lipinski definition) is 3. The molecule has 2 aromatic carbocycles. The summed E-state index contributed by atoms with van der Waals surface area (Å²) in [6.07, 6.45) is 0. The van der Waals surface area contributed by atoms with Gasteiger partial charge in [0, 0.05) is 11.1 Å². The maximum absolute atomic E-state index is 6.18. The van der Waals surface area contributed by atoms with Crippen molar-refractivity contribution in [3.63, 3.8) is 0 Å². The molecule has 106 valence electrons. The van der Waals surface area contributed by atoms with Crippen molar-refractivity contribution in [1.29, 1.82) is 0 Å². The van der Waals surface area contributed by atoms with E-state index in [9.17, 15) is 0 Å². The summed E-state index contributed by atoms with van der Waals surface area (Å²) in [5.41, 5.74) is 3.35. The smallest absolute Gasteiger partial charge is 0.161 e. The van der Waals surface area contributed by atoms with Crippen LogP contribution in [0.4, 0.5) is 17.3 Å².